The second-order valence-electron chi connectivity index (χ2n) is 4.80. The van der Waals surface area contributed by atoms with Crippen LogP contribution in [0.5, 0.6) is 0 Å². The predicted octanol–water partition coefficient (Wildman–Crippen LogP) is 1.30. The van der Waals surface area contributed by atoms with E-state index in [0.717, 1.165) is 11.9 Å². The van der Waals surface area contributed by atoms with E-state index in [4.69, 9.17) is 5.26 Å². The van der Waals surface area contributed by atoms with Crippen molar-refractivity contribution < 1.29 is 8.42 Å². The van der Waals surface area contributed by atoms with Crippen LogP contribution in [0, 0.1) is 11.3 Å². The lowest BCUT2D eigenvalue weighted by molar-refractivity contribution is 0.476. The van der Waals surface area contributed by atoms with Crippen LogP contribution in [-0.2, 0) is 10.0 Å². The molecule has 0 aliphatic carbocycles. The Kier molecular flexibility index (Phi) is 4.33. The van der Waals surface area contributed by atoms with Crippen molar-refractivity contribution in [1.82, 2.24) is 4.72 Å². The van der Waals surface area contributed by atoms with Gasteiger partial charge >= 0.3 is 0 Å². The van der Waals surface area contributed by atoms with Crippen molar-refractivity contribution in [2.45, 2.75) is 19.4 Å². The summed E-state index contributed by atoms with van der Waals surface area (Å²) in [6.45, 7) is 4.00. The Balaban J connectivity index is 2.67. The Bertz CT molecular complexity index is 559. The minimum atomic E-state index is -3.24. The van der Waals surface area contributed by atoms with Gasteiger partial charge in [0.1, 0.15) is 0 Å². The van der Waals surface area contributed by atoms with Gasteiger partial charge < -0.3 is 5.32 Å². The van der Waals surface area contributed by atoms with Crippen LogP contribution in [0.4, 0.5) is 5.69 Å². The summed E-state index contributed by atoms with van der Waals surface area (Å²) in [5.74, 6) is 0. The largest absolute Gasteiger partial charge is 0.383 e. The van der Waals surface area contributed by atoms with Gasteiger partial charge in [-0.05, 0) is 32.0 Å². The zero-order chi connectivity index (χ0) is 13.8. The van der Waals surface area contributed by atoms with Gasteiger partial charge in [-0.3, -0.25) is 0 Å². The summed E-state index contributed by atoms with van der Waals surface area (Å²) in [4.78, 5) is 0. The molecule has 0 fully saturated rings. The van der Waals surface area contributed by atoms with Gasteiger partial charge in [0.05, 0.1) is 17.9 Å². The van der Waals surface area contributed by atoms with E-state index < -0.39 is 15.6 Å². The molecule has 98 valence electrons. The molecule has 0 saturated heterocycles. The zero-order valence-electron chi connectivity index (χ0n) is 10.7. The first kappa shape index (κ1) is 14.5. The Labute approximate surface area is 108 Å². The molecule has 6 heteroatoms. The molecule has 0 aromatic heterocycles. The summed E-state index contributed by atoms with van der Waals surface area (Å²) in [6, 6.07) is 9.09. The second-order valence-corrected chi connectivity index (χ2v) is 6.55. The summed E-state index contributed by atoms with van der Waals surface area (Å²) in [7, 11) is -3.24. The number of nitrogens with one attached hydrogen (secondary N) is 2. The third kappa shape index (κ3) is 5.17. The number of benzene rings is 1. The number of anilines is 1. The molecule has 0 unspecified atom stereocenters. The van der Waals surface area contributed by atoms with Gasteiger partial charge in [0.2, 0.25) is 10.0 Å². The van der Waals surface area contributed by atoms with Gasteiger partial charge in [0, 0.05) is 17.8 Å². The number of nitrogens with zero attached hydrogens (tertiary/aromatic N) is 1. The highest BCUT2D eigenvalue weighted by atomic mass is 32.2. The molecule has 0 atom stereocenters. The number of hydrogen-bond donors (Lipinski definition) is 2. The fourth-order valence-electron chi connectivity index (χ4n) is 1.56. The number of rotatable bonds is 5. The number of hydrogen-bond acceptors (Lipinski definition) is 4. The Morgan fingerprint density at radius 1 is 1.39 bits per heavy atom. The van der Waals surface area contributed by atoms with Crippen LogP contribution >= 0.6 is 0 Å². The maximum atomic E-state index is 11.2. The van der Waals surface area contributed by atoms with Crippen LogP contribution in [0.1, 0.15) is 19.4 Å². The van der Waals surface area contributed by atoms with Crippen molar-refractivity contribution in [2.75, 3.05) is 18.1 Å². The molecule has 0 radical (unpaired) electrons. The van der Waals surface area contributed by atoms with Gasteiger partial charge in [-0.2, -0.15) is 5.26 Å². The first-order chi connectivity index (χ1) is 8.22. The molecule has 0 spiro atoms. The molecule has 1 aromatic carbocycles. The molecule has 1 aromatic rings. The topological polar surface area (TPSA) is 82.0 Å². The average molecular weight is 267 g/mol. The number of nitriles is 1. The highest BCUT2D eigenvalue weighted by Crippen LogP contribution is 2.12. The van der Waals surface area contributed by atoms with Crippen LogP contribution in [0.15, 0.2) is 24.3 Å². The minimum Gasteiger partial charge on any atom is -0.383 e. The average Bonchev–Trinajstić information content (AvgIpc) is 2.24. The Morgan fingerprint density at radius 3 is 2.61 bits per heavy atom. The quantitative estimate of drug-likeness (QED) is 0.842. The third-order valence-electron chi connectivity index (χ3n) is 2.19. The van der Waals surface area contributed by atoms with Crippen molar-refractivity contribution in [1.29, 1.82) is 5.26 Å². The first-order valence-corrected chi connectivity index (χ1v) is 7.34. The smallest absolute Gasteiger partial charge is 0.209 e. The van der Waals surface area contributed by atoms with Crippen LogP contribution < -0.4 is 10.0 Å². The summed E-state index contributed by atoms with van der Waals surface area (Å²) in [5, 5.41) is 11.9. The monoisotopic (exact) mass is 267 g/mol. The SMILES string of the molecule is CC(C)(CNc1cccc(C#N)c1)NS(C)(=O)=O. The van der Waals surface area contributed by atoms with Crippen molar-refractivity contribution in [2.24, 2.45) is 0 Å². The van der Waals surface area contributed by atoms with Crippen LogP contribution in [0.3, 0.4) is 0 Å². The van der Waals surface area contributed by atoms with Crippen LogP contribution in [-0.4, -0.2) is 26.8 Å². The van der Waals surface area contributed by atoms with E-state index in [1.807, 2.05) is 6.07 Å². The van der Waals surface area contributed by atoms with Crippen molar-refractivity contribution in [3.8, 4) is 6.07 Å². The van der Waals surface area contributed by atoms with Gasteiger partial charge in [-0.25, -0.2) is 13.1 Å². The van der Waals surface area contributed by atoms with E-state index in [1.54, 1.807) is 32.0 Å². The van der Waals surface area contributed by atoms with Gasteiger partial charge in [0.15, 0.2) is 0 Å². The summed E-state index contributed by atoms with van der Waals surface area (Å²) < 4.78 is 24.9. The normalized spacial score (nSPS) is 11.9. The van der Waals surface area contributed by atoms with E-state index in [0.29, 0.717) is 12.1 Å². The lowest BCUT2D eigenvalue weighted by atomic mass is 10.1. The molecular formula is C12H17N3O2S. The molecular weight excluding hydrogens is 250 g/mol. The molecule has 0 amide bonds. The van der Waals surface area contributed by atoms with Crippen LogP contribution in [0.25, 0.3) is 0 Å². The zero-order valence-corrected chi connectivity index (χ0v) is 11.5. The second kappa shape index (κ2) is 5.38. The Hall–Kier alpha value is -1.58. The lowest BCUT2D eigenvalue weighted by Crippen LogP contribution is -2.47. The maximum absolute atomic E-state index is 11.2. The van der Waals surface area contributed by atoms with E-state index in [9.17, 15) is 8.42 Å². The molecule has 18 heavy (non-hydrogen) atoms. The first-order valence-electron chi connectivity index (χ1n) is 5.45. The standard InChI is InChI=1S/C12H17N3O2S/c1-12(2,15-18(3,16)17)9-14-11-6-4-5-10(7-11)8-13/h4-7,14-15H,9H2,1-3H3. The number of sulfonamides is 1. The fourth-order valence-corrected chi connectivity index (χ4v) is 2.64. The van der Waals surface area contributed by atoms with Crippen molar-refractivity contribution in [3.05, 3.63) is 29.8 Å². The third-order valence-corrected chi connectivity index (χ3v) is 3.11. The summed E-state index contributed by atoms with van der Waals surface area (Å²) >= 11 is 0. The molecule has 0 aliphatic rings. The molecule has 0 saturated carbocycles. The van der Waals surface area contributed by atoms with E-state index in [-0.39, 0.29) is 0 Å². The molecule has 0 aliphatic heterocycles. The molecule has 0 heterocycles. The molecule has 0 bridgehead atoms. The molecule has 5 nitrogen and oxygen atoms in total. The predicted molar refractivity (Wildman–Crippen MR) is 71.7 cm³/mol. The van der Waals surface area contributed by atoms with Gasteiger partial charge in [-0.15, -0.1) is 0 Å². The van der Waals surface area contributed by atoms with E-state index in [1.165, 1.54) is 0 Å². The minimum absolute atomic E-state index is 0.426. The maximum Gasteiger partial charge on any atom is 0.209 e. The van der Waals surface area contributed by atoms with Gasteiger partial charge in [0.25, 0.3) is 0 Å². The summed E-state index contributed by atoms with van der Waals surface area (Å²) in [6.07, 6.45) is 1.13. The van der Waals surface area contributed by atoms with Crippen molar-refractivity contribution in [3.63, 3.8) is 0 Å². The van der Waals surface area contributed by atoms with Crippen LogP contribution in [0.2, 0.25) is 0 Å². The fraction of sp³-hybridized carbons (Fsp3) is 0.417. The Morgan fingerprint density at radius 2 is 2.06 bits per heavy atom. The van der Waals surface area contributed by atoms with Crippen molar-refractivity contribution >= 4 is 15.7 Å². The van der Waals surface area contributed by atoms with Gasteiger partial charge in [-0.1, -0.05) is 6.07 Å². The molecule has 2 N–H and O–H groups in total. The summed E-state index contributed by atoms with van der Waals surface area (Å²) in [5.41, 5.74) is 0.752. The van der Waals surface area contributed by atoms with E-state index in [2.05, 4.69) is 16.1 Å². The lowest BCUT2D eigenvalue weighted by Gasteiger charge is -2.25. The van der Waals surface area contributed by atoms with E-state index >= 15 is 0 Å². The highest BCUT2D eigenvalue weighted by molar-refractivity contribution is 7.88. The molecule has 1 rings (SSSR count). The highest BCUT2D eigenvalue weighted by Gasteiger charge is 2.21.